The molecule has 2 aromatic rings. The molecule has 0 atom stereocenters. The van der Waals surface area contributed by atoms with Crippen molar-refractivity contribution in [3.63, 3.8) is 0 Å². The van der Waals surface area contributed by atoms with Gasteiger partial charge in [-0.25, -0.2) is 4.98 Å². The highest BCUT2D eigenvalue weighted by Gasteiger charge is 2.16. The summed E-state index contributed by atoms with van der Waals surface area (Å²) in [4.78, 5) is 14.6. The predicted molar refractivity (Wildman–Crippen MR) is 105 cm³/mol. The van der Waals surface area contributed by atoms with Gasteiger partial charge in [-0.1, -0.05) is 12.5 Å². The summed E-state index contributed by atoms with van der Waals surface area (Å²) in [5, 5.41) is 13.9. The number of nitro benzene ring substituents is 1. The molecule has 0 aliphatic carbocycles. The fourth-order valence-electron chi connectivity index (χ4n) is 3.06. The Morgan fingerprint density at radius 2 is 1.89 bits per heavy atom. The fourth-order valence-corrected chi connectivity index (χ4v) is 4.01. The second-order valence-electron chi connectivity index (χ2n) is 6.68. The van der Waals surface area contributed by atoms with E-state index in [0.717, 1.165) is 62.3 Å². The molecule has 9 heteroatoms. The molecule has 0 radical (unpaired) electrons. The Bertz CT molecular complexity index is 929. The molecule has 1 aromatic carbocycles. The highest BCUT2D eigenvalue weighted by atomic mass is 32.2. The zero-order chi connectivity index (χ0) is 20.0. The lowest BCUT2D eigenvalue weighted by molar-refractivity contribution is -0.384. The number of nitrogens with one attached hydrogen (secondary N) is 1. The molecule has 1 aliphatic rings. The second-order valence-corrected chi connectivity index (χ2v) is 8.29. The van der Waals surface area contributed by atoms with Gasteiger partial charge in [0.15, 0.2) is 0 Å². The van der Waals surface area contributed by atoms with Crippen molar-refractivity contribution < 1.29 is 17.5 Å². The summed E-state index contributed by atoms with van der Waals surface area (Å²) in [5.41, 5.74) is 2.14. The van der Waals surface area contributed by atoms with E-state index in [0.29, 0.717) is 6.42 Å². The van der Waals surface area contributed by atoms with Crippen molar-refractivity contribution in [1.29, 1.82) is 0 Å². The van der Waals surface area contributed by atoms with E-state index in [4.69, 9.17) is 4.18 Å². The Morgan fingerprint density at radius 1 is 1.11 bits per heavy atom. The average molecular weight is 405 g/mol. The summed E-state index contributed by atoms with van der Waals surface area (Å²) in [6.45, 7) is 1.04. The van der Waals surface area contributed by atoms with Crippen LogP contribution in [0.2, 0.25) is 0 Å². The average Bonchev–Trinajstić information content (AvgIpc) is 2.70. The van der Waals surface area contributed by atoms with E-state index in [1.807, 2.05) is 0 Å². The summed E-state index contributed by atoms with van der Waals surface area (Å²) in [7, 11) is -3.90. The van der Waals surface area contributed by atoms with Crippen LogP contribution < -0.4 is 5.32 Å². The number of aryl methyl sites for hydroxylation is 2. The lowest BCUT2D eigenvalue weighted by atomic mass is 10.1. The largest absolute Gasteiger partial charge is 0.370 e. The lowest BCUT2D eigenvalue weighted by Crippen LogP contribution is -2.14. The molecule has 28 heavy (non-hydrogen) atoms. The molecular formula is C19H23N3O5S. The zero-order valence-electron chi connectivity index (χ0n) is 15.5. The van der Waals surface area contributed by atoms with Crippen molar-refractivity contribution in [3.05, 3.63) is 57.8 Å². The number of hydrogen-bond acceptors (Lipinski definition) is 7. The van der Waals surface area contributed by atoms with E-state index >= 15 is 0 Å². The SMILES string of the molecule is O=[N+]([O-])c1ccc(S(=O)(=O)OCCCCCc2ccc3c(n2)NCCC3)cc1. The van der Waals surface area contributed by atoms with E-state index in [1.165, 1.54) is 17.7 Å². The Morgan fingerprint density at radius 3 is 2.64 bits per heavy atom. The molecule has 1 aromatic heterocycles. The van der Waals surface area contributed by atoms with Crippen molar-refractivity contribution in [2.24, 2.45) is 0 Å². The Kier molecular flexibility index (Phi) is 6.58. The normalized spacial score (nSPS) is 13.6. The predicted octanol–water partition coefficient (Wildman–Crippen LogP) is 3.47. The third kappa shape index (κ3) is 5.26. The van der Waals surface area contributed by atoms with Crippen LogP contribution in [0, 0.1) is 10.1 Å². The second kappa shape index (κ2) is 9.11. The van der Waals surface area contributed by atoms with Crippen LogP contribution in [0.1, 0.15) is 36.9 Å². The maximum absolute atomic E-state index is 12.1. The van der Waals surface area contributed by atoms with Gasteiger partial charge in [0.2, 0.25) is 0 Å². The standard InChI is InChI=1S/C19H23N3O5S/c23-22(24)17-9-11-18(12-10-17)28(25,26)27-14-3-1-2-6-16-8-7-15-5-4-13-20-19(15)21-16/h7-12H,1-6,13-14H2,(H,20,21). The van der Waals surface area contributed by atoms with Crippen LogP contribution in [0.3, 0.4) is 0 Å². The van der Waals surface area contributed by atoms with Crippen LogP contribution in [-0.4, -0.2) is 31.5 Å². The number of unbranched alkanes of at least 4 members (excludes halogenated alkanes) is 2. The number of aromatic nitrogens is 1. The topological polar surface area (TPSA) is 111 Å². The van der Waals surface area contributed by atoms with Crippen LogP contribution in [0.25, 0.3) is 0 Å². The molecular weight excluding hydrogens is 382 g/mol. The monoisotopic (exact) mass is 405 g/mol. The van der Waals surface area contributed by atoms with Gasteiger partial charge in [0, 0.05) is 24.4 Å². The molecule has 1 aliphatic heterocycles. The molecule has 0 saturated carbocycles. The molecule has 0 saturated heterocycles. The number of hydrogen-bond donors (Lipinski definition) is 1. The molecule has 0 unspecified atom stereocenters. The van der Waals surface area contributed by atoms with Crippen LogP contribution in [0.4, 0.5) is 11.5 Å². The highest BCUT2D eigenvalue weighted by Crippen LogP contribution is 2.21. The summed E-state index contributed by atoms with van der Waals surface area (Å²) in [6, 6.07) is 8.85. The number of pyridine rings is 1. The van der Waals surface area contributed by atoms with Gasteiger partial charge in [-0.2, -0.15) is 8.42 Å². The Hall–Kier alpha value is -2.52. The van der Waals surface area contributed by atoms with Gasteiger partial charge in [0.05, 0.1) is 16.4 Å². The zero-order valence-corrected chi connectivity index (χ0v) is 16.3. The minimum absolute atomic E-state index is 0.0798. The van der Waals surface area contributed by atoms with Gasteiger partial charge in [0.1, 0.15) is 5.82 Å². The third-order valence-corrected chi connectivity index (χ3v) is 5.93. The molecule has 2 heterocycles. The van der Waals surface area contributed by atoms with E-state index in [2.05, 4.69) is 22.4 Å². The van der Waals surface area contributed by atoms with E-state index in [9.17, 15) is 18.5 Å². The molecule has 0 spiro atoms. The fraction of sp³-hybridized carbons (Fsp3) is 0.421. The van der Waals surface area contributed by atoms with Crippen LogP contribution in [-0.2, 0) is 27.1 Å². The first-order valence-electron chi connectivity index (χ1n) is 9.32. The van der Waals surface area contributed by atoms with Crippen LogP contribution in [0.5, 0.6) is 0 Å². The maximum Gasteiger partial charge on any atom is 0.296 e. The van der Waals surface area contributed by atoms with E-state index in [-0.39, 0.29) is 17.2 Å². The quantitative estimate of drug-likeness (QED) is 0.294. The van der Waals surface area contributed by atoms with Gasteiger partial charge in [-0.15, -0.1) is 0 Å². The van der Waals surface area contributed by atoms with Crippen molar-refractivity contribution in [3.8, 4) is 0 Å². The van der Waals surface area contributed by atoms with Crippen LogP contribution in [0.15, 0.2) is 41.3 Å². The number of non-ortho nitro benzene ring substituents is 1. The van der Waals surface area contributed by atoms with Crippen LogP contribution >= 0.6 is 0 Å². The molecule has 1 N–H and O–H groups in total. The van der Waals surface area contributed by atoms with Crippen molar-refractivity contribution >= 4 is 21.6 Å². The van der Waals surface area contributed by atoms with Crippen molar-refractivity contribution in [2.45, 2.75) is 43.4 Å². The number of anilines is 1. The van der Waals surface area contributed by atoms with E-state index < -0.39 is 15.0 Å². The van der Waals surface area contributed by atoms with Gasteiger partial charge < -0.3 is 5.32 Å². The van der Waals surface area contributed by atoms with Crippen molar-refractivity contribution in [1.82, 2.24) is 4.98 Å². The number of nitrogens with zero attached hydrogens (tertiary/aromatic N) is 2. The minimum atomic E-state index is -3.90. The number of benzene rings is 1. The van der Waals surface area contributed by atoms with E-state index in [1.54, 1.807) is 0 Å². The first-order valence-corrected chi connectivity index (χ1v) is 10.7. The van der Waals surface area contributed by atoms with Gasteiger partial charge >= 0.3 is 0 Å². The summed E-state index contributed by atoms with van der Waals surface area (Å²) < 4.78 is 29.2. The van der Waals surface area contributed by atoms with Gasteiger partial charge in [-0.05, 0) is 55.9 Å². The van der Waals surface area contributed by atoms with Crippen molar-refractivity contribution in [2.75, 3.05) is 18.5 Å². The maximum atomic E-state index is 12.1. The number of rotatable bonds is 9. The molecule has 8 nitrogen and oxygen atoms in total. The summed E-state index contributed by atoms with van der Waals surface area (Å²) in [6.07, 6.45) is 5.36. The molecule has 0 amide bonds. The van der Waals surface area contributed by atoms with Gasteiger partial charge in [0.25, 0.3) is 15.8 Å². The third-order valence-electron chi connectivity index (χ3n) is 4.60. The molecule has 0 fully saturated rings. The Labute approximate surface area is 164 Å². The molecule has 150 valence electrons. The first-order chi connectivity index (χ1) is 13.5. The summed E-state index contributed by atoms with van der Waals surface area (Å²) in [5.74, 6) is 0.987. The lowest BCUT2D eigenvalue weighted by Gasteiger charge is -2.17. The number of fused-ring (bicyclic) bond motifs is 1. The molecule has 3 rings (SSSR count). The minimum Gasteiger partial charge on any atom is -0.370 e. The number of nitro groups is 1. The van der Waals surface area contributed by atoms with Gasteiger partial charge in [-0.3, -0.25) is 14.3 Å². The highest BCUT2D eigenvalue weighted by molar-refractivity contribution is 7.86. The molecule has 0 bridgehead atoms. The summed E-state index contributed by atoms with van der Waals surface area (Å²) >= 11 is 0. The first kappa shape index (κ1) is 20.2. The Balaban J connectivity index is 1.40. The smallest absolute Gasteiger partial charge is 0.296 e.